The molecule has 0 saturated heterocycles. The zero-order valence-electron chi connectivity index (χ0n) is 14.5. The van der Waals surface area contributed by atoms with Crippen molar-refractivity contribution in [3.8, 4) is 0 Å². The quantitative estimate of drug-likeness (QED) is 0.496. The second-order valence-electron chi connectivity index (χ2n) is 5.85. The Labute approximate surface area is 165 Å². The van der Waals surface area contributed by atoms with Crippen molar-refractivity contribution in [2.24, 2.45) is 0 Å². The third-order valence-corrected chi connectivity index (χ3v) is 4.20. The summed E-state index contributed by atoms with van der Waals surface area (Å²) >= 11 is 6.03. The van der Waals surface area contributed by atoms with Crippen molar-refractivity contribution in [1.82, 2.24) is 0 Å². The molecule has 7 nitrogen and oxygen atoms in total. The molecule has 0 radical (unpaired) electrons. The summed E-state index contributed by atoms with van der Waals surface area (Å²) in [6, 6.07) is 19.0. The molecule has 0 fully saturated rings. The summed E-state index contributed by atoms with van der Waals surface area (Å²) < 4.78 is 0. The van der Waals surface area contributed by atoms with Gasteiger partial charge >= 0.3 is 0 Å². The number of rotatable bonds is 5. The van der Waals surface area contributed by atoms with Gasteiger partial charge in [0.15, 0.2) is 5.69 Å². The van der Waals surface area contributed by atoms with Crippen molar-refractivity contribution in [2.75, 3.05) is 10.6 Å². The van der Waals surface area contributed by atoms with Crippen molar-refractivity contribution in [3.63, 3.8) is 0 Å². The molecule has 142 valence electrons. The maximum Gasteiger partial charge on any atom is 0.257 e. The number of nitrogens with one attached hydrogen (secondary N) is 3. The van der Waals surface area contributed by atoms with Gasteiger partial charge in [0.25, 0.3) is 11.8 Å². The number of carbonyl (C=O) groups excluding carboxylic acids is 2. The van der Waals surface area contributed by atoms with Crippen molar-refractivity contribution >= 4 is 40.5 Å². The van der Waals surface area contributed by atoms with Gasteiger partial charge in [-0.25, -0.2) is 5.21 Å². The first-order valence-corrected chi connectivity index (χ1v) is 8.62. The van der Waals surface area contributed by atoms with E-state index in [0.717, 1.165) is 0 Å². The Kier molecular flexibility index (Phi) is 6.03. The molecule has 4 N–H and O–H groups in total. The Balaban J connectivity index is 1.73. The van der Waals surface area contributed by atoms with Crippen LogP contribution in [0, 0.1) is 5.21 Å². The molecule has 0 aliphatic rings. The normalized spacial score (nSPS) is 11.5. The van der Waals surface area contributed by atoms with Gasteiger partial charge in [-0.05, 0) is 36.4 Å². The first-order chi connectivity index (χ1) is 13.4. The van der Waals surface area contributed by atoms with Gasteiger partial charge in [0.1, 0.15) is 0 Å². The molecule has 8 heteroatoms. The lowest BCUT2D eigenvalue weighted by Crippen LogP contribution is -2.99. The number of hydrogen-bond acceptors (Lipinski definition) is 4. The Morgan fingerprint density at radius 2 is 1.50 bits per heavy atom. The maximum atomic E-state index is 12.4. The highest BCUT2D eigenvalue weighted by molar-refractivity contribution is 6.34. The minimum absolute atomic E-state index is 0.0217. The molecule has 3 rings (SSSR count). The van der Waals surface area contributed by atoms with E-state index in [1.165, 1.54) is 24.3 Å². The summed E-state index contributed by atoms with van der Waals surface area (Å²) in [6.07, 6.45) is 0. The molecule has 28 heavy (non-hydrogen) atoms. The molecule has 0 bridgehead atoms. The van der Waals surface area contributed by atoms with Crippen molar-refractivity contribution < 1.29 is 20.0 Å². The minimum atomic E-state index is -1.11. The average molecular weight is 398 g/mol. The van der Waals surface area contributed by atoms with Crippen LogP contribution in [0.4, 0.5) is 17.1 Å². The van der Waals surface area contributed by atoms with Crippen molar-refractivity contribution in [3.05, 3.63) is 94.2 Å². The summed E-state index contributed by atoms with van der Waals surface area (Å²) in [7, 11) is 0. The van der Waals surface area contributed by atoms with Gasteiger partial charge in [-0.3, -0.25) is 9.59 Å². The molecule has 2 amide bonds. The van der Waals surface area contributed by atoms with Gasteiger partial charge in [0.05, 0.1) is 10.6 Å². The summed E-state index contributed by atoms with van der Waals surface area (Å²) in [5.74, 6) is -0.832. The van der Waals surface area contributed by atoms with Crippen LogP contribution in [0.1, 0.15) is 20.7 Å². The highest BCUT2D eigenvalue weighted by atomic mass is 35.5. The molecule has 1 unspecified atom stereocenters. The second kappa shape index (κ2) is 8.64. The number of carbonyl (C=O) groups is 2. The Morgan fingerprint density at radius 3 is 2.18 bits per heavy atom. The SMILES string of the molecule is O=C(Nc1cccc(NC(=O)c2ccccc2Cl)c1)c1cccc([NH+]([O-])O)c1. The molecule has 0 spiro atoms. The molecule has 3 aromatic rings. The number of hydrogen-bond donors (Lipinski definition) is 4. The van der Waals surface area contributed by atoms with E-state index in [1.807, 2.05) is 0 Å². The van der Waals surface area contributed by atoms with Crippen LogP contribution in [0.5, 0.6) is 0 Å². The summed E-state index contributed by atoms with van der Waals surface area (Å²) in [6.45, 7) is 0. The largest absolute Gasteiger partial charge is 0.595 e. The standard InChI is InChI=1S/C20H16ClN3O4/c21-18-10-2-1-9-17(18)20(26)23-15-7-4-6-14(12-15)22-19(25)13-5-3-8-16(11-13)24(27)28/h1-12,24,27H,(H,22,25)(H,23,26). The molecule has 0 aliphatic carbocycles. The van der Waals surface area contributed by atoms with E-state index in [9.17, 15) is 14.8 Å². The van der Waals surface area contributed by atoms with Crippen LogP contribution < -0.4 is 15.9 Å². The van der Waals surface area contributed by atoms with Crippen LogP contribution in [0.3, 0.4) is 0 Å². The summed E-state index contributed by atoms with van der Waals surface area (Å²) in [5.41, 5.74) is 1.49. The number of halogens is 1. The Hall–Kier alpha value is -3.23. The van der Waals surface area contributed by atoms with Crippen molar-refractivity contribution in [1.29, 1.82) is 0 Å². The smallest absolute Gasteiger partial charge is 0.257 e. The fraction of sp³-hybridized carbons (Fsp3) is 0. The zero-order valence-corrected chi connectivity index (χ0v) is 15.2. The fourth-order valence-corrected chi connectivity index (χ4v) is 2.74. The van der Waals surface area contributed by atoms with Crippen LogP contribution in [0.15, 0.2) is 72.8 Å². The minimum Gasteiger partial charge on any atom is -0.595 e. The molecular weight excluding hydrogens is 382 g/mol. The van der Waals surface area contributed by atoms with E-state index < -0.39 is 11.1 Å². The number of benzene rings is 3. The lowest BCUT2D eigenvalue weighted by atomic mass is 10.1. The van der Waals surface area contributed by atoms with Gasteiger partial charge < -0.3 is 15.8 Å². The molecule has 0 saturated carbocycles. The molecule has 0 aliphatic heterocycles. The molecule has 0 aromatic heterocycles. The lowest BCUT2D eigenvalue weighted by Gasteiger charge is -2.13. The molecule has 0 heterocycles. The number of quaternary nitrogens is 1. The first kappa shape index (κ1) is 19.5. The van der Waals surface area contributed by atoms with Crippen molar-refractivity contribution in [2.45, 2.75) is 0 Å². The Morgan fingerprint density at radius 1 is 0.857 bits per heavy atom. The van der Waals surface area contributed by atoms with Crippen LogP contribution >= 0.6 is 11.6 Å². The van der Waals surface area contributed by atoms with Crippen LogP contribution in [-0.4, -0.2) is 17.0 Å². The van der Waals surface area contributed by atoms with Gasteiger partial charge in [-0.2, -0.15) is 5.23 Å². The predicted molar refractivity (Wildman–Crippen MR) is 106 cm³/mol. The van der Waals surface area contributed by atoms with Gasteiger partial charge in [-0.1, -0.05) is 35.9 Å². The molecular formula is C20H16ClN3O4. The number of amides is 2. The zero-order chi connectivity index (χ0) is 20.1. The fourth-order valence-electron chi connectivity index (χ4n) is 2.52. The number of anilines is 2. The van der Waals surface area contributed by atoms with E-state index in [0.29, 0.717) is 22.0 Å². The van der Waals surface area contributed by atoms with E-state index in [-0.39, 0.29) is 17.2 Å². The van der Waals surface area contributed by atoms with Crippen LogP contribution in [-0.2, 0) is 0 Å². The van der Waals surface area contributed by atoms with Crippen LogP contribution in [0.25, 0.3) is 0 Å². The highest BCUT2D eigenvalue weighted by Crippen LogP contribution is 2.20. The predicted octanol–water partition coefficient (Wildman–Crippen LogP) is 3.25. The molecule has 3 aromatic carbocycles. The summed E-state index contributed by atoms with van der Waals surface area (Å²) in [5, 5.41) is 24.7. The van der Waals surface area contributed by atoms with E-state index >= 15 is 0 Å². The van der Waals surface area contributed by atoms with E-state index in [4.69, 9.17) is 16.8 Å². The highest BCUT2D eigenvalue weighted by Gasteiger charge is 2.12. The first-order valence-electron chi connectivity index (χ1n) is 8.25. The lowest BCUT2D eigenvalue weighted by molar-refractivity contribution is -0.991. The topological polar surface area (TPSA) is 106 Å². The van der Waals surface area contributed by atoms with E-state index in [1.54, 1.807) is 48.5 Å². The van der Waals surface area contributed by atoms with Gasteiger partial charge in [-0.15, -0.1) is 0 Å². The van der Waals surface area contributed by atoms with Gasteiger partial charge in [0.2, 0.25) is 0 Å². The molecule has 1 atom stereocenters. The van der Waals surface area contributed by atoms with E-state index in [2.05, 4.69) is 10.6 Å². The third-order valence-electron chi connectivity index (χ3n) is 3.87. The van der Waals surface area contributed by atoms with Gasteiger partial charge in [0, 0.05) is 29.1 Å². The second-order valence-corrected chi connectivity index (χ2v) is 6.26. The van der Waals surface area contributed by atoms with Crippen LogP contribution in [0.2, 0.25) is 5.02 Å². The average Bonchev–Trinajstić information content (AvgIpc) is 2.68. The Bertz CT molecular complexity index is 1020. The summed E-state index contributed by atoms with van der Waals surface area (Å²) in [4.78, 5) is 24.7. The monoisotopic (exact) mass is 397 g/mol. The maximum absolute atomic E-state index is 12.4. The third kappa shape index (κ3) is 4.73.